The van der Waals surface area contributed by atoms with E-state index in [0.717, 1.165) is 0 Å². The van der Waals surface area contributed by atoms with Crippen molar-refractivity contribution in [3.63, 3.8) is 0 Å². The first kappa shape index (κ1) is 14.6. The fraction of sp³-hybridized carbons (Fsp3) is 0. The van der Waals surface area contributed by atoms with E-state index < -0.39 is 4.92 Å². The molecule has 2 aromatic carbocycles. The Morgan fingerprint density at radius 3 is 2.62 bits per heavy atom. The van der Waals surface area contributed by atoms with Crippen molar-refractivity contribution in [2.24, 2.45) is 10.9 Å². The zero-order valence-electron chi connectivity index (χ0n) is 10.6. The van der Waals surface area contributed by atoms with Crippen LogP contribution in [0.1, 0.15) is 5.56 Å². The van der Waals surface area contributed by atoms with Gasteiger partial charge in [0, 0.05) is 17.7 Å². The lowest BCUT2D eigenvalue weighted by Gasteiger charge is -2.08. The summed E-state index contributed by atoms with van der Waals surface area (Å²) in [4.78, 5) is 10.2. The first-order valence-corrected chi connectivity index (χ1v) is 6.09. The van der Waals surface area contributed by atoms with Crippen molar-refractivity contribution in [1.29, 1.82) is 0 Å². The minimum atomic E-state index is -0.513. The lowest BCUT2D eigenvalue weighted by atomic mass is 10.2. The molecule has 0 aliphatic heterocycles. The molecule has 8 heteroatoms. The average molecular weight is 308 g/mol. The Hall–Kier alpha value is -2.80. The maximum Gasteiger partial charge on any atom is 0.273 e. The molecule has 0 heterocycles. The van der Waals surface area contributed by atoms with E-state index in [2.05, 4.69) is 5.16 Å². The van der Waals surface area contributed by atoms with Crippen LogP contribution < -0.4 is 10.5 Å². The average Bonchev–Trinajstić information content (AvgIpc) is 2.47. The molecule has 0 aliphatic rings. The second-order valence-corrected chi connectivity index (χ2v) is 4.39. The third-order valence-corrected chi connectivity index (χ3v) is 2.90. The molecule has 0 aromatic heterocycles. The van der Waals surface area contributed by atoms with E-state index in [1.165, 1.54) is 30.3 Å². The third-order valence-electron chi connectivity index (χ3n) is 2.59. The highest BCUT2D eigenvalue weighted by molar-refractivity contribution is 6.34. The summed E-state index contributed by atoms with van der Waals surface area (Å²) in [6.07, 6.45) is 0. The van der Waals surface area contributed by atoms with Gasteiger partial charge in [0.25, 0.3) is 5.69 Å². The van der Waals surface area contributed by atoms with E-state index in [1.54, 1.807) is 12.1 Å². The summed E-state index contributed by atoms with van der Waals surface area (Å²) in [5, 5.41) is 22.4. The van der Waals surface area contributed by atoms with E-state index in [-0.39, 0.29) is 16.5 Å². The molecular weight excluding hydrogens is 298 g/mol. The first-order valence-electron chi connectivity index (χ1n) is 5.71. The summed E-state index contributed by atoms with van der Waals surface area (Å²) in [5.74, 6) is 0.550. The van der Waals surface area contributed by atoms with Crippen LogP contribution in [0.25, 0.3) is 0 Å². The zero-order valence-corrected chi connectivity index (χ0v) is 11.3. The minimum Gasteiger partial charge on any atom is -0.457 e. The van der Waals surface area contributed by atoms with Crippen molar-refractivity contribution >= 4 is 23.1 Å². The van der Waals surface area contributed by atoms with Gasteiger partial charge in [-0.1, -0.05) is 22.8 Å². The largest absolute Gasteiger partial charge is 0.457 e. The molecule has 0 radical (unpaired) electrons. The second-order valence-electron chi connectivity index (χ2n) is 3.98. The number of benzene rings is 2. The fourth-order valence-corrected chi connectivity index (χ4v) is 1.88. The number of nitro groups is 1. The predicted molar refractivity (Wildman–Crippen MR) is 77.1 cm³/mol. The third kappa shape index (κ3) is 3.40. The van der Waals surface area contributed by atoms with Gasteiger partial charge in [0.2, 0.25) is 0 Å². The van der Waals surface area contributed by atoms with E-state index in [4.69, 9.17) is 27.3 Å². The SMILES string of the molecule is NC(=NO)c1ccc(Oc2cccc([N+](=O)[O-])c2)cc1Cl. The number of hydrogen-bond acceptors (Lipinski definition) is 5. The number of amidine groups is 1. The number of rotatable bonds is 4. The summed E-state index contributed by atoms with van der Waals surface area (Å²) < 4.78 is 5.49. The smallest absolute Gasteiger partial charge is 0.273 e. The van der Waals surface area contributed by atoms with E-state index >= 15 is 0 Å². The number of nitrogens with zero attached hydrogens (tertiary/aromatic N) is 2. The van der Waals surface area contributed by atoms with Crippen molar-refractivity contribution in [3.05, 3.63) is 63.2 Å². The molecule has 3 N–H and O–H groups in total. The molecule has 0 atom stereocenters. The monoisotopic (exact) mass is 307 g/mol. The number of non-ortho nitro benzene ring substituents is 1. The Bertz CT molecular complexity index is 718. The van der Waals surface area contributed by atoms with E-state index in [1.807, 2.05) is 0 Å². The Balaban J connectivity index is 2.26. The van der Waals surface area contributed by atoms with Crippen molar-refractivity contribution in [1.82, 2.24) is 0 Å². The second kappa shape index (κ2) is 6.10. The number of nitrogens with two attached hydrogens (primary N) is 1. The molecule has 0 unspecified atom stereocenters. The Kier molecular flexibility index (Phi) is 4.24. The van der Waals surface area contributed by atoms with Gasteiger partial charge < -0.3 is 15.7 Å². The molecule has 7 nitrogen and oxygen atoms in total. The highest BCUT2D eigenvalue weighted by Gasteiger charge is 2.10. The molecule has 2 rings (SSSR count). The van der Waals surface area contributed by atoms with Crippen LogP contribution in [-0.4, -0.2) is 16.0 Å². The molecule has 0 fully saturated rings. The van der Waals surface area contributed by atoms with Gasteiger partial charge in [-0.25, -0.2) is 0 Å². The summed E-state index contributed by atoms with van der Waals surface area (Å²) in [6, 6.07) is 10.3. The van der Waals surface area contributed by atoms with Gasteiger partial charge in [-0.05, 0) is 18.2 Å². The van der Waals surface area contributed by atoms with E-state index in [0.29, 0.717) is 17.1 Å². The molecule has 0 bridgehead atoms. The molecule has 0 saturated carbocycles. The highest BCUT2D eigenvalue weighted by atomic mass is 35.5. The maximum atomic E-state index is 10.7. The van der Waals surface area contributed by atoms with Crippen LogP contribution in [0, 0.1) is 10.1 Å². The van der Waals surface area contributed by atoms with Gasteiger partial charge in [0.15, 0.2) is 5.84 Å². The highest BCUT2D eigenvalue weighted by Crippen LogP contribution is 2.28. The van der Waals surface area contributed by atoms with Crippen LogP contribution in [0.3, 0.4) is 0 Å². The normalized spacial score (nSPS) is 11.2. The lowest BCUT2D eigenvalue weighted by molar-refractivity contribution is -0.384. The molecular formula is C13H10ClN3O4. The molecule has 0 spiro atoms. The standard InChI is InChI=1S/C13H10ClN3O4/c14-12-7-10(4-5-11(12)13(15)16-18)21-9-3-1-2-8(6-9)17(19)20/h1-7,18H,(H2,15,16). The number of halogens is 1. The molecule has 108 valence electrons. The summed E-state index contributed by atoms with van der Waals surface area (Å²) in [6.45, 7) is 0. The van der Waals surface area contributed by atoms with Crippen LogP contribution in [0.4, 0.5) is 5.69 Å². The predicted octanol–water partition coefficient (Wildman–Crippen LogP) is 3.14. The number of nitro benzene ring substituents is 1. The lowest BCUT2D eigenvalue weighted by Crippen LogP contribution is -2.13. The Labute approximate surface area is 124 Å². The van der Waals surface area contributed by atoms with Crippen LogP contribution in [-0.2, 0) is 0 Å². The van der Waals surface area contributed by atoms with Gasteiger partial charge >= 0.3 is 0 Å². The van der Waals surface area contributed by atoms with Crippen molar-refractivity contribution in [2.45, 2.75) is 0 Å². The van der Waals surface area contributed by atoms with Crippen molar-refractivity contribution < 1.29 is 14.9 Å². The Morgan fingerprint density at radius 1 is 1.29 bits per heavy atom. The van der Waals surface area contributed by atoms with Gasteiger partial charge in [-0.3, -0.25) is 10.1 Å². The van der Waals surface area contributed by atoms with Gasteiger partial charge in [-0.2, -0.15) is 0 Å². The van der Waals surface area contributed by atoms with Crippen molar-refractivity contribution in [2.75, 3.05) is 0 Å². The quantitative estimate of drug-likeness (QED) is 0.296. The molecule has 0 saturated heterocycles. The van der Waals surface area contributed by atoms with Gasteiger partial charge in [-0.15, -0.1) is 0 Å². The Morgan fingerprint density at radius 2 is 2.00 bits per heavy atom. The molecule has 2 aromatic rings. The zero-order chi connectivity index (χ0) is 15.4. The van der Waals surface area contributed by atoms with Gasteiger partial charge in [0.05, 0.1) is 16.0 Å². The maximum absolute atomic E-state index is 10.7. The number of hydrogen-bond donors (Lipinski definition) is 2. The van der Waals surface area contributed by atoms with Crippen LogP contribution in [0.15, 0.2) is 47.6 Å². The molecule has 21 heavy (non-hydrogen) atoms. The molecule has 0 amide bonds. The minimum absolute atomic E-state index is 0.0770. The van der Waals surface area contributed by atoms with Crippen molar-refractivity contribution in [3.8, 4) is 11.5 Å². The summed E-state index contributed by atoms with van der Waals surface area (Å²) >= 11 is 5.99. The number of ether oxygens (including phenoxy) is 1. The summed E-state index contributed by atoms with van der Waals surface area (Å²) in [5.41, 5.74) is 5.73. The topological polar surface area (TPSA) is 111 Å². The van der Waals surface area contributed by atoms with Crippen LogP contribution >= 0.6 is 11.6 Å². The number of oxime groups is 1. The summed E-state index contributed by atoms with van der Waals surface area (Å²) in [7, 11) is 0. The van der Waals surface area contributed by atoms with E-state index in [9.17, 15) is 10.1 Å². The first-order chi connectivity index (χ1) is 10.0. The van der Waals surface area contributed by atoms with Crippen LogP contribution in [0.5, 0.6) is 11.5 Å². The fourth-order valence-electron chi connectivity index (χ4n) is 1.62. The van der Waals surface area contributed by atoms with Crippen LogP contribution in [0.2, 0.25) is 5.02 Å². The van der Waals surface area contributed by atoms with Gasteiger partial charge in [0.1, 0.15) is 11.5 Å². The molecule has 0 aliphatic carbocycles.